The second kappa shape index (κ2) is 9.63. The molecule has 0 aliphatic heterocycles. The molecule has 0 spiro atoms. The van der Waals surface area contributed by atoms with E-state index in [4.69, 9.17) is 0 Å². The molecule has 0 bridgehead atoms. The number of carbonyl (C=O) groups is 1. The van der Waals surface area contributed by atoms with Crippen LogP contribution in [0.3, 0.4) is 0 Å². The molecule has 34 heavy (non-hydrogen) atoms. The van der Waals surface area contributed by atoms with Crippen molar-refractivity contribution in [3.8, 4) is 5.69 Å². The summed E-state index contributed by atoms with van der Waals surface area (Å²) in [5.41, 5.74) is 5.90. The van der Waals surface area contributed by atoms with Crippen molar-refractivity contribution in [2.24, 2.45) is 0 Å². The predicted octanol–water partition coefficient (Wildman–Crippen LogP) is 4.13. The summed E-state index contributed by atoms with van der Waals surface area (Å²) in [6.45, 7) is 10.2. The van der Waals surface area contributed by atoms with E-state index in [0.29, 0.717) is 24.2 Å². The number of carbonyl (C=O) groups excluding carboxylic acids is 1. The first-order valence-electron chi connectivity index (χ1n) is 11.7. The van der Waals surface area contributed by atoms with Crippen molar-refractivity contribution in [1.29, 1.82) is 0 Å². The van der Waals surface area contributed by atoms with Crippen LogP contribution in [-0.4, -0.2) is 32.0 Å². The molecule has 1 unspecified atom stereocenters. The first kappa shape index (κ1) is 23.4. The third-order valence-corrected chi connectivity index (χ3v) is 6.24. The molecule has 176 valence electrons. The highest BCUT2D eigenvalue weighted by molar-refractivity contribution is 5.84. The molecular weight excluding hydrogens is 426 g/mol. The van der Waals surface area contributed by atoms with Crippen molar-refractivity contribution in [2.75, 3.05) is 6.54 Å². The molecule has 4 rings (SSSR count). The Morgan fingerprint density at radius 2 is 1.56 bits per heavy atom. The summed E-state index contributed by atoms with van der Waals surface area (Å²) in [5.74, 6) is -0.211. The van der Waals surface area contributed by atoms with Crippen molar-refractivity contribution < 1.29 is 4.79 Å². The molecule has 0 saturated heterocycles. The minimum atomic E-state index is -0.696. The fourth-order valence-electron chi connectivity index (χ4n) is 4.27. The van der Waals surface area contributed by atoms with Gasteiger partial charge in [0.1, 0.15) is 6.04 Å². The van der Waals surface area contributed by atoms with E-state index < -0.39 is 6.04 Å². The smallest absolute Gasteiger partial charge is 0.295 e. The maximum atomic E-state index is 13.4. The van der Waals surface area contributed by atoms with E-state index in [2.05, 4.69) is 39.8 Å². The monoisotopic (exact) mass is 457 g/mol. The third kappa shape index (κ3) is 4.51. The molecule has 2 heterocycles. The molecule has 0 radical (unpaired) electrons. The van der Waals surface area contributed by atoms with Crippen molar-refractivity contribution in [3.05, 3.63) is 87.0 Å². The van der Waals surface area contributed by atoms with E-state index in [0.717, 1.165) is 34.3 Å². The SMILES string of the molecule is CCC(C(=O)NCCc1ccc(C)cc1)n1nc(C)c2c(C)n(-c3ccc(C)cc3)nc2c1=O. The first-order chi connectivity index (χ1) is 16.3. The zero-order chi connectivity index (χ0) is 24.4. The Labute approximate surface area is 199 Å². The van der Waals surface area contributed by atoms with Gasteiger partial charge in [-0.25, -0.2) is 9.36 Å². The maximum absolute atomic E-state index is 13.4. The summed E-state index contributed by atoms with van der Waals surface area (Å²) in [7, 11) is 0. The third-order valence-electron chi connectivity index (χ3n) is 6.24. The van der Waals surface area contributed by atoms with E-state index in [-0.39, 0.29) is 11.5 Å². The van der Waals surface area contributed by atoms with Crippen LogP contribution >= 0.6 is 0 Å². The lowest BCUT2D eigenvalue weighted by Crippen LogP contribution is -2.39. The normalized spacial score (nSPS) is 12.1. The Kier molecular flexibility index (Phi) is 6.63. The van der Waals surface area contributed by atoms with Crippen molar-refractivity contribution in [2.45, 2.75) is 53.5 Å². The van der Waals surface area contributed by atoms with Crippen LogP contribution < -0.4 is 10.9 Å². The van der Waals surface area contributed by atoms with Crippen molar-refractivity contribution >= 4 is 16.8 Å². The number of fused-ring (bicyclic) bond motifs is 1. The Morgan fingerprint density at radius 3 is 2.18 bits per heavy atom. The van der Waals surface area contributed by atoms with Gasteiger partial charge in [-0.05, 0) is 58.2 Å². The lowest BCUT2D eigenvalue weighted by Gasteiger charge is -2.17. The fraction of sp³-hybridized carbons (Fsp3) is 0.333. The van der Waals surface area contributed by atoms with E-state index in [1.807, 2.05) is 58.9 Å². The highest BCUT2D eigenvalue weighted by Gasteiger charge is 2.25. The van der Waals surface area contributed by atoms with Gasteiger partial charge in [0.25, 0.3) is 5.56 Å². The van der Waals surface area contributed by atoms with Crippen LogP contribution in [-0.2, 0) is 11.2 Å². The summed E-state index contributed by atoms with van der Waals surface area (Å²) in [6.07, 6.45) is 1.18. The molecule has 0 saturated carbocycles. The number of hydrogen-bond acceptors (Lipinski definition) is 4. The van der Waals surface area contributed by atoms with Gasteiger partial charge >= 0.3 is 0 Å². The lowest BCUT2D eigenvalue weighted by molar-refractivity contribution is -0.124. The minimum absolute atomic E-state index is 0.211. The topological polar surface area (TPSA) is 81.8 Å². The number of aromatic nitrogens is 4. The summed E-state index contributed by atoms with van der Waals surface area (Å²) >= 11 is 0. The summed E-state index contributed by atoms with van der Waals surface area (Å²) < 4.78 is 3.07. The average molecular weight is 458 g/mol. The highest BCUT2D eigenvalue weighted by Crippen LogP contribution is 2.22. The first-order valence-corrected chi connectivity index (χ1v) is 11.7. The number of nitrogens with one attached hydrogen (secondary N) is 1. The number of rotatable bonds is 7. The van der Waals surface area contributed by atoms with Crippen LogP contribution in [0.5, 0.6) is 0 Å². The second-order valence-corrected chi connectivity index (χ2v) is 8.84. The largest absolute Gasteiger partial charge is 0.354 e. The number of nitrogens with zero attached hydrogens (tertiary/aromatic N) is 4. The van der Waals surface area contributed by atoms with Gasteiger partial charge in [-0.2, -0.15) is 10.2 Å². The molecule has 7 heteroatoms. The van der Waals surface area contributed by atoms with Gasteiger partial charge in [0.2, 0.25) is 5.91 Å². The molecule has 2 aromatic carbocycles. The Bertz CT molecular complexity index is 1380. The van der Waals surface area contributed by atoms with Crippen molar-refractivity contribution in [1.82, 2.24) is 24.9 Å². The fourth-order valence-corrected chi connectivity index (χ4v) is 4.27. The lowest BCUT2D eigenvalue weighted by atomic mass is 10.1. The van der Waals surface area contributed by atoms with E-state index in [1.165, 1.54) is 10.2 Å². The van der Waals surface area contributed by atoms with Gasteiger partial charge in [-0.15, -0.1) is 0 Å². The van der Waals surface area contributed by atoms with Crippen LogP contribution in [0.25, 0.3) is 16.6 Å². The molecule has 0 aliphatic rings. The van der Waals surface area contributed by atoms with Gasteiger partial charge in [-0.3, -0.25) is 9.59 Å². The standard InChI is InChI=1S/C27H31N5O2/c1-6-23(26(33)28-16-15-21-11-7-17(2)8-12-21)32-27(34)25-24(19(4)29-32)20(5)31(30-25)22-13-9-18(3)10-14-22/h7-14,23H,6,15-16H2,1-5H3,(H,28,33). The van der Waals surface area contributed by atoms with Gasteiger partial charge < -0.3 is 5.32 Å². The number of amides is 1. The molecule has 1 atom stereocenters. The second-order valence-electron chi connectivity index (χ2n) is 8.84. The molecule has 0 fully saturated rings. The predicted molar refractivity (Wildman–Crippen MR) is 135 cm³/mol. The van der Waals surface area contributed by atoms with E-state index >= 15 is 0 Å². The number of benzene rings is 2. The van der Waals surface area contributed by atoms with Crippen LogP contribution in [0, 0.1) is 27.7 Å². The summed E-state index contributed by atoms with van der Waals surface area (Å²) in [4.78, 5) is 26.4. The van der Waals surface area contributed by atoms with E-state index in [1.54, 1.807) is 4.68 Å². The maximum Gasteiger partial charge on any atom is 0.295 e. The molecule has 2 aromatic heterocycles. The molecule has 0 aliphatic carbocycles. The zero-order valence-corrected chi connectivity index (χ0v) is 20.4. The van der Waals surface area contributed by atoms with Crippen LogP contribution in [0.1, 0.15) is 47.5 Å². The van der Waals surface area contributed by atoms with E-state index in [9.17, 15) is 9.59 Å². The number of aryl methyl sites for hydroxylation is 4. The zero-order valence-electron chi connectivity index (χ0n) is 20.4. The van der Waals surface area contributed by atoms with Crippen LogP contribution in [0.15, 0.2) is 53.3 Å². The molecule has 7 nitrogen and oxygen atoms in total. The average Bonchev–Trinajstić information content (AvgIpc) is 3.17. The van der Waals surface area contributed by atoms with Gasteiger partial charge in [0.05, 0.1) is 22.5 Å². The van der Waals surface area contributed by atoms with Crippen LogP contribution in [0.2, 0.25) is 0 Å². The molecular formula is C27H31N5O2. The Hall–Kier alpha value is -3.74. The van der Waals surface area contributed by atoms with Gasteiger partial charge in [-0.1, -0.05) is 54.4 Å². The Morgan fingerprint density at radius 1 is 0.941 bits per heavy atom. The highest BCUT2D eigenvalue weighted by atomic mass is 16.2. The van der Waals surface area contributed by atoms with Gasteiger partial charge in [0.15, 0.2) is 5.52 Å². The van der Waals surface area contributed by atoms with Crippen molar-refractivity contribution in [3.63, 3.8) is 0 Å². The number of hydrogen-bond donors (Lipinski definition) is 1. The summed E-state index contributed by atoms with van der Waals surface area (Å²) in [5, 5.41) is 12.9. The molecule has 4 aromatic rings. The van der Waals surface area contributed by atoms with Gasteiger partial charge in [0, 0.05) is 6.54 Å². The minimum Gasteiger partial charge on any atom is -0.354 e. The quantitative estimate of drug-likeness (QED) is 0.453. The Balaban J connectivity index is 1.62. The van der Waals surface area contributed by atoms with Crippen LogP contribution in [0.4, 0.5) is 0 Å². The summed E-state index contributed by atoms with van der Waals surface area (Å²) in [6, 6.07) is 15.5. The molecule has 1 N–H and O–H groups in total. The molecule has 1 amide bonds.